The van der Waals surface area contributed by atoms with E-state index in [0.717, 1.165) is 48.6 Å². The maximum absolute atomic E-state index is 12.3. The molecule has 116 valence electrons. The maximum atomic E-state index is 12.3. The van der Waals surface area contributed by atoms with Gasteiger partial charge in [0.25, 0.3) is 0 Å². The lowest BCUT2D eigenvalue weighted by Gasteiger charge is -2.28. The smallest absolute Gasteiger partial charge is 0.232 e. The average molecular weight is 328 g/mol. The highest BCUT2D eigenvalue weighted by Gasteiger charge is 2.24. The molecule has 1 aliphatic rings. The van der Waals surface area contributed by atoms with Crippen molar-refractivity contribution in [3.63, 3.8) is 0 Å². The van der Waals surface area contributed by atoms with E-state index in [1.165, 1.54) is 0 Å². The van der Waals surface area contributed by atoms with E-state index in [4.69, 9.17) is 11.6 Å². The maximum Gasteiger partial charge on any atom is 0.232 e. The number of rotatable bonds is 5. The number of halogens is 1. The Bertz CT molecular complexity index is 469. The Labute approximate surface area is 135 Å². The summed E-state index contributed by atoms with van der Waals surface area (Å²) in [5, 5.41) is 10.2. The number of aliphatic hydroxyl groups is 1. The molecular formula is C16H22ClNO2S. The van der Waals surface area contributed by atoms with E-state index in [-0.39, 0.29) is 18.6 Å². The van der Waals surface area contributed by atoms with Crippen molar-refractivity contribution in [3.05, 3.63) is 34.9 Å². The van der Waals surface area contributed by atoms with Crippen LogP contribution in [-0.4, -0.2) is 40.9 Å². The minimum atomic E-state index is 0.00627. The molecule has 0 aliphatic carbocycles. The first-order chi connectivity index (χ1) is 10.2. The molecule has 5 heteroatoms. The lowest BCUT2D eigenvalue weighted by atomic mass is 10.1. The Morgan fingerprint density at radius 1 is 1.38 bits per heavy atom. The fraction of sp³-hybridized carbons (Fsp3) is 0.562. The number of carbonyl (C=O) groups excluding carboxylic acids is 1. The zero-order valence-corrected chi connectivity index (χ0v) is 13.7. The lowest BCUT2D eigenvalue weighted by molar-refractivity contribution is -0.131. The van der Waals surface area contributed by atoms with Gasteiger partial charge < -0.3 is 10.0 Å². The molecule has 1 unspecified atom stereocenters. The normalized spacial score (nSPS) is 19.3. The van der Waals surface area contributed by atoms with Gasteiger partial charge >= 0.3 is 0 Å². The average Bonchev–Trinajstić information content (AvgIpc) is 2.72. The van der Waals surface area contributed by atoms with Gasteiger partial charge in [-0.25, -0.2) is 0 Å². The van der Waals surface area contributed by atoms with Crippen molar-refractivity contribution in [2.24, 2.45) is 0 Å². The summed E-state index contributed by atoms with van der Waals surface area (Å²) < 4.78 is 0. The van der Waals surface area contributed by atoms with Crippen molar-refractivity contribution in [1.29, 1.82) is 0 Å². The van der Waals surface area contributed by atoms with Crippen LogP contribution < -0.4 is 0 Å². The van der Waals surface area contributed by atoms with E-state index >= 15 is 0 Å². The monoisotopic (exact) mass is 327 g/mol. The molecule has 1 atom stereocenters. The molecule has 0 saturated carbocycles. The molecule has 0 radical (unpaired) electrons. The van der Waals surface area contributed by atoms with Crippen LogP contribution in [0.4, 0.5) is 0 Å². The van der Waals surface area contributed by atoms with E-state index in [0.29, 0.717) is 5.75 Å². The third-order valence-corrected chi connectivity index (χ3v) is 5.02. The fourth-order valence-corrected chi connectivity index (χ4v) is 3.73. The standard InChI is InChI=1S/C16H22ClNO2S/c17-14-6-4-5-13(9-14)11-21-12-16(20)18-8-3-1-2-7-15(18)10-19/h4-6,9,15,19H,1-3,7-8,10-12H2. The second-order valence-electron chi connectivity index (χ2n) is 5.40. The zero-order valence-electron chi connectivity index (χ0n) is 12.1. The summed E-state index contributed by atoms with van der Waals surface area (Å²) in [7, 11) is 0. The molecule has 21 heavy (non-hydrogen) atoms. The van der Waals surface area contributed by atoms with Crippen LogP contribution in [0.5, 0.6) is 0 Å². The van der Waals surface area contributed by atoms with Gasteiger partial charge in [-0.2, -0.15) is 0 Å². The summed E-state index contributed by atoms with van der Waals surface area (Å²) in [5.41, 5.74) is 1.13. The van der Waals surface area contributed by atoms with Gasteiger partial charge in [0.1, 0.15) is 0 Å². The summed E-state index contributed by atoms with van der Waals surface area (Å²) in [6.07, 6.45) is 4.21. The Morgan fingerprint density at radius 2 is 2.24 bits per heavy atom. The minimum absolute atomic E-state index is 0.00627. The number of benzene rings is 1. The van der Waals surface area contributed by atoms with Crippen LogP contribution in [0.1, 0.15) is 31.2 Å². The van der Waals surface area contributed by atoms with Crippen LogP contribution in [0.2, 0.25) is 5.02 Å². The Morgan fingerprint density at radius 3 is 3.00 bits per heavy atom. The Kier molecular flexibility index (Phi) is 6.87. The number of likely N-dealkylation sites (tertiary alicyclic amines) is 1. The highest BCUT2D eigenvalue weighted by Crippen LogP contribution is 2.20. The van der Waals surface area contributed by atoms with Crippen LogP contribution in [0, 0.1) is 0 Å². The van der Waals surface area contributed by atoms with Crippen LogP contribution in [0.15, 0.2) is 24.3 Å². The van der Waals surface area contributed by atoms with Gasteiger partial charge in [0, 0.05) is 17.3 Å². The minimum Gasteiger partial charge on any atom is -0.394 e. The van der Waals surface area contributed by atoms with Crippen LogP contribution >= 0.6 is 23.4 Å². The quantitative estimate of drug-likeness (QED) is 0.901. The van der Waals surface area contributed by atoms with Crippen molar-refractivity contribution < 1.29 is 9.90 Å². The van der Waals surface area contributed by atoms with Crippen molar-refractivity contribution in [2.45, 2.75) is 37.5 Å². The number of nitrogens with zero attached hydrogens (tertiary/aromatic N) is 1. The summed E-state index contributed by atoms with van der Waals surface area (Å²) in [6.45, 7) is 0.854. The molecule has 1 fully saturated rings. The first-order valence-corrected chi connectivity index (χ1v) is 8.96. The van der Waals surface area contributed by atoms with Gasteiger partial charge in [-0.15, -0.1) is 11.8 Å². The predicted molar refractivity (Wildman–Crippen MR) is 88.7 cm³/mol. The highest BCUT2D eigenvalue weighted by atomic mass is 35.5. The van der Waals surface area contributed by atoms with E-state index in [1.807, 2.05) is 29.2 Å². The molecular weight excluding hydrogens is 306 g/mol. The van der Waals surface area contributed by atoms with E-state index in [9.17, 15) is 9.90 Å². The number of aliphatic hydroxyl groups excluding tert-OH is 1. The molecule has 2 rings (SSSR count). The van der Waals surface area contributed by atoms with Gasteiger partial charge in [0.15, 0.2) is 0 Å². The van der Waals surface area contributed by atoms with Crippen LogP contribution in [-0.2, 0) is 10.5 Å². The number of hydrogen-bond acceptors (Lipinski definition) is 3. The van der Waals surface area contributed by atoms with Gasteiger partial charge in [0.2, 0.25) is 5.91 Å². The van der Waals surface area contributed by atoms with Gasteiger partial charge in [0.05, 0.1) is 18.4 Å². The number of hydrogen-bond donors (Lipinski definition) is 1. The van der Waals surface area contributed by atoms with Crippen molar-refractivity contribution in [3.8, 4) is 0 Å². The first-order valence-electron chi connectivity index (χ1n) is 7.43. The lowest BCUT2D eigenvalue weighted by Crippen LogP contribution is -2.43. The van der Waals surface area contributed by atoms with Crippen molar-refractivity contribution in [1.82, 2.24) is 4.90 Å². The molecule has 1 N–H and O–H groups in total. The number of amides is 1. The highest BCUT2D eigenvalue weighted by molar-refractivity contribution is 7.99. The largest absolute Gasteiger partial charge is 0.394 e. The number of thioether (sulfide) groups is 1. The molecule has 1 aliphatic heterocycles. The molecule has 1 aromatic rings. The summed E-state index contributed by atoms with van der Waals surface area (Å²) in [5.74, 6) is 1.38. The van der Waals surface area contributed by atoms with Crippen molar-refractivity contribution in [2.75, 3.05) is 18.9 Å². The van der Waals surface area contributed by atoms with Gasteiger partial charge in [-0.1, -0.05) is 36.6 Å². The molecule has 1 saturated heterocycles. The van der Waals surface area contributed by atoms with E-state index in [1.54, 1.807) is 11.8 Å². The second kappa shape index (κ2) is 8.66. The SMILES string of the molecule is O=C(CSCc1cccc(Cl)c1)N1CCCCCC1CO. The summed E-state index contributed by atoms with van der Waals surface area (Å²) >= 11 is 7.56. The zero-order chi connectivity index (χ0) is 15.1. The van der Waals surface area contributed by atoms with E-state index < -0.39 is 0 Å². The molecule has 1 aromatic carbocycles. The molecule has 1 amide bonds. The first kappa shape index (κ1) is 16.7. The summed E-state index contributed by atoms with van der Waals surface area (Å²) in [4.78, 5) is 14.2. The molecule has 0 spiro atoms. The van der Waals surface area contributed by atoms with Crippen LogP contribution in [0.25, 0.3) is 0 Å². The summed E-state index contributed by atoms with van der Waals surface area (Å²) in [6, 6.07) is 7.74. The Balaban J connectivity index is 1.82. The van der Waals surface area contributed by atoms with E-state index in [2.05, 4.69) is 0 Å². The van der Waals surface area contributed by atoms with Crippen LogP contribution in [0.3, 0.4) is 0 Å². The Hall–Kier alpha value is -0.710. The third kappa shape index (κ3) is 5.20. The molecule has 1 heterocycles. The molecule has 0 bridgehead atoms. The van der Waals surface area contributed by atoms with Crippen molar-refractivity contribution >= 4 is 29.3 Å². The van der Waals surface area contributed by atoms with Gasteiger partial charge in [-0.3, -0.25) is 4.79 Å². The third-order valence-electron chi connectivity index (χ3n) is 3.79. The second-order valence-corrected chi connectivity index (χ2v) is 6.82. The number of carbonyl (C=O) groups is 1. The molecule has 3 nitrogen and oxygen atoms in total. The van der Waals surface area contributed by atoms with Gasteiger partial charge in [-0.05, 0) is 30.5 Å². The topological polar surface area (TPSA) is 40.5 Å². The fourth-order valence-electron chi connectivity index (χ4n) is 2.66. The molecule has 0 aromatic heterocycles. The predicted octanol–water partition coefficient (Wildman–Crippen LogP) is 3.34.